The van der Waals surface area contributed by atoms with Crippen molar-refractivity contribution in [3.05, 3.63) is 69.4 Å². The van der Waals surface area contributed by atoms with Gasteiger partial charge in [-0.2, -0.15) is 0 Å². The van der Waals surface area contributed by atoms with Crippen molar-refractivity contribution in [2.24, 2.45) is 0 Å². The van der Waals surface area contributed by atoms with Gasteiger partial charge >= 0.3 is 5.97 Å². The maximum atomic E-state index is 12.2. The number of halogens is 1. The number of fused-ring (bicyclic) bond motifs is 1. The van der Waals surface area contributed by atoms with Crippen molar-refractivity contribution in [1.82, 2.24) is 4.98 Å². The number of rotatable bonds is 3. The first-order valence-corrected chi connectivity index (χ1v) is 6.67. The number of ether oxygens (including phenoxy) is 1. The van der Waals surface area contributed by atoms with Crippen LogP contribution in [0.3, 0.4) is 0 Å². The molecule has 0 bridgehead atoms. The van der Waals surface area contributed by atoms with Crippen LogP contribution in [0.25, 0.3) is 10.9 Å². The van der Waals surface area contributed by atoms with Crippen molar-refractivity contribution in [3.63, 3.8) is 0 Å². The molecule has 110 valence electrons. The Labute approximate surface area is 129 Å². The highest BCUT2D eigenvalue weighted by atomic mass is 35.5. The number of carbonyl (C=O) groups is 1. The van der Waals surface area contributed by atoms with Gasteiger partial charge in [0.2, 0.25) is 0 Å². The van der Waals surface area contributed by atoms with Crippen LogP contribution in [0, 0.1) is 10.1 Å². The smallest absolute Gasteiger partial charge is 0.361 e. The number of aromatic amines is 1. The molecule has 0 aliphatic heterocycles. The molecule has 0 spiro atoms. The standard InChI is InChI=1S/C15H9ClN2O4/c16-13-11-3-1-2-4-12(11)17-14(13)15(19)22-10-7-5-9(6-8-10)18(20)21/h1-8,17H. The van der Waals surface area contributed by atoms with Crippen molar-refractivity contribution in [3.8, 4) is 5.75 Å². The third-order valence-corrected chi connectivity index (χ3v) is 3.50. The molecule has 0 saturated heterocycles. The second-order valence-electron chi connectivity index (χ2n) is 4.50. The molecule has 6 nitrogen and oxygen atoms in total. The zero-order chi connectivity index (χ0) is 15.7. The van der Waals surface area contributed by atoms with Gasteiger partial charge in [-0.05, 0) is 18.2 Å². The molecule has 0 radical (unpaired) electrons. The molecule has 1 aromatic heterocycles. The molecule has 7 heteroatoms. The monoisotopic (exact) mass is 316 g/mol. The van der Waals surface area contributed by atoms with Crippen molar-refractivity contribution in [2.75, 3.05) is 0 Å². The van der Waals surface area contributed by atoms with Gasteiger partial charge in [-0.3, -0.25) is 10.1 Å². The van der Waals surface area contributed by atoms with Gasteiger partial charge in [0.15, 0.2) is 0 Å². The molecule has 0 unspecified atom stereocenters. The molecule has 1 heterocycles. The maximum absolute atomic E-state index is 12.2. The van der Waals surface area contributed by atoms with Gasteiger partial charge in [-0.25, -0.2) is 4.79 Å². The second-order valence-corrected chi connectivity index (χ2v) is 4.88. The molecule has 3 aromatic rings. The fourth-order valence-corrected chi connectivity index (χ4v) is 2.33. The molecule has 2 aromatic carbocycles. The van der Waals surface area contributed by atoms with E-state index in [0.717, 1.165) is 10.9 Å². The summed E-state index contributed by atoms with van der Waals surface area (Å²) in [6.07, 6.45) is 0. The van der Waals surface area contributed by atoms with Crippen molar-refractivity contribution >= 4 is 34.2 Å². The number of nitro benzene ring substituents is 1. The molecule has 0 saturated carbocycles. The number of para-hydroxylation sites is 1. The SMILES string of the molecule is O=C(Oc1ccc([N+](=O)[O-])cc1)c1[nH]c2ccccc2c1Cl. The lowest BCUT2D eigenvalue weighted by atomic mass is 10.2. The first kappa shape index (κ1) is 14.1. The van der Waals surface area contributed by atoms with E-state index in [0.29, 0.717) is 0 Å². The number of hydrogen-bond donors (Lipinski definition) is 1. The van der Waals surface area contributed by atoms with Gasteiger partial charge in [0.1, 0.15) is 11.4 Å². The average Bonchev–Trinajstić information content (AvgIpc) is 2.85. The molecular weight excluding hydrogens is 308 g/mol. The second kappa shape index (κ2) is 5.50. The number of nitrogens with one attached hydrogen (secondary N) is 1. The van der Waals surface area contributed by atoms with E-state index >= 15 is 0 Å². The predicted molar refractivity (Wildman–Crippen MR) is 81.4 cm³/mol. The number of nitro groups is 1. The Morgan fingerprint density at radius 2 is 1.82 bits per heavy atom. The Balaban J connectivity index is 1.87. The lowest BCUT2D eigenvalue weighted by molar-refractivity contribution is -0.384. The molecule has 3 rings (SSSR count). The van der Waals surface area contributed by atoms with Crippen LogP contribution in [0.4, 0.5) is 5.69 Å². The van der Waals surface area contributed by atoms with Crippen molar-refractivity contribution in [2.45, 2.75) is 0 Å². The average molecular weight is 317 g/mol. The van der Waals surface area contributed by atoms with Crippen LogP contribution in [0.15, 0.2) is 48.5 Å². The lowest BCUT2D eigenvalue weighted by Gasteiger charge is -2.02. The summed E-state index contributed by atoms with van der Waals surface area (Å²) in [7, 11) is 0. The van der Waals surface area contributed by atoms with Crippen LogP contribution in [0.5, 0.6) is 5.75 Å². The number of carbonyl (C=O) groups excluding carboxylic acids is 1. The normalized spacial score (nSPS) is 10.6. The zero-order valence-corrected chi connectivity index (χ0v) is 11.8. The highest BCUT2D eigenvalue weighted by molar-refractivity contribution is 6.38. The molecule has 0 amide bonds. The summed E-state index contributed by atoms with van der Waals surface area (Å²) in [5.74, 6) is -0.458. The minimum atomic E-state index is -0.657. The first-order valence-electron chi connectivity index (χ1n) is 6.29. The van der Waals surface area contributed by atoms with Crippen LogP contribution in [-0.2, 0) is 0 Å². The van der Waals surface area contributed by atoms with E-state index < -0.39 is 10.9 Å². The molecule has 0 aliphatic rings. The van der Waals surface area contributed by atoms with Crippen LogP contribution in [-0.4, -0.2) is 15.9 Å². The summed E-state index contributed by atoms with van der Waals surface area (Å²) in [4.78, 5) is 25.1. The van der Waals surface area contributed by atoms with Crippen molar-refractivity contribution in [1.29, 1.82) is 0 Å². The van der Waals surface area contributed by atoms with E-state index in [-0.39, 0.29) is 22.2 Å². The molecule has 0 atom stereocenters. The molecule has 0 fully saturated rings. The van der Waals surface area contributed by atoms with E-state index in [1.54, 1.807) is 12.1 Å². The number of esters is 1. The van der Waals surface area contributed by atoms with Crippen LogP contribution >= 0.6 is 11.6 Å². The van der Waals surface area contributed by atoms with Crippen LogP contribution in [0.2, 0.25) is 5.02 Å². The summed E-state index contributed by atoms with van der Waals surface area (Å²) in [6, 6.07) is 12.4. The Bertz CT molecular complexity index is 871. The summed E-state index contributed by atoms with van der Waals surface area (Å²) in [6.45, 7) is 0. The zero-order valence-electron chi connectivity index (χ0n) is 11.1. The van der Waals surface area contributed by atoms with E-state index in [1.807, 2.05) is 12.1 Å². The Morgan fingerprint density at radius 1 is 1.14 bits per heavy atom. The lowest BCUT2D eigenvalue weighted by Crippen LogP contribution is -2.09. The Kier molecular flexibility index (Phi) is 3.52. The van der Waals surface area contributed by atoms with Gasteiger partial charge in [0.05, 0.1) is 9.95 Å². The van der Waals surface area contributed by atoms with Crippen molar-refractivity contribution < 1.29 is 14.5 Å². The summed E-state index contributed by atoms with van der Waals surface area (Å²) in [5.41, 5.74) is 0.785. The molecule has 0 aliphatic carbocycles. The fraction of sp³-hybridized carbons (Fsp3) is 0. The molecule has 22 heavy (non-hydrogen) atoms. The number of H-pyrrole nitrogens is 1. The van der Waals surface area contributed by atoms with Crippen LogP contribution < -0.4 is 4.74 Å². The van der Waals surface area contributed by atoms with E-state index in [4.69, 9.17) is 16.3 Å². The maximum Gasteiger partial charge on any atom is 0.361 e. The van der Waals surface area contributed by atoms with Gasteiger partial charge in [0, 0.05) is 23.0 Å². The number of benzene rings is 2. The Morgan fingerprint density at radius 3 is 2.45 bits per heavy atom. The third kappa shape index (κ3) is 2.51. The molecular formula is C15H9ClN2O4. The topological polar surface area (TPSA) is 85.2 Å². The largest absolute Gasteiger partial charge is 0.422 e. The van der Waals surface area contributed by atoms with Gasteiger partial charge in [-0.15, -0.1) is 0 Å². The highest BCUT2D eigenvalue weighted by Gasteiger charge is 2.18. The van der Waals surface area contributed by atoms with E-state index in [2.05, 4.69) is 4.98 Å². The minimum absolute atomic E-state index is 0.0801. The van der Waals surface area contributed by atoms with Gasteiger partial charge in [0.25, 0.3) is 5.69 Å². The fourth-order valence-electron chi connectivity index (χ4n) is 2.04. The number of aromatic nitrogens is 1. The minimum Gasteiger partial charge on any atom is -0.422 e. The van der Waals surface area contributed by atoms with Gasteiger partial charge in [-0.1, -0.05) is 29.8 Å². The first-order chi connectivity index (χ1) is 10.6. The molecule has 1 N–H and O–H groups in total. The summed E-state index contributed by atoms with van der Waals surface area (Å²) < 4.78 is 5.17. The predicted octanol–water partition coefficient (Wildman–Crippen LogP) is 3.95. The number of non-ortho nitro benzene ring substituents is 1. The van der Waals surface area contributed by atoms with Crippen LogP contribution in [0.1, 0.15) is 10.5 Å². The highest BCUT2D eigenvalue weighted by Crippen LogP contribution is 2.28. The quantitative estimate of drug-likeness (QED) is 0.343. The Hall–Kier alpha value is -2.86. The summed E-state index contributed by atoms with van der Waals surface area (Å²) >= 11 is 6.16. The van der Waals surface area contributed by atoms with E-state index in [1.165, 1.54) is 24.3 Å². The summed E-state index contributed by atoms with van der Waals surface area (Å²) in [5, 5.41) is 11.6. The number of nitrogens with zero attached hydrogens (tertiary/aromatic N) is 1. The van der Waals surface area contributed by atoms with Gasteiger partial charge < -0.3 is 9.72 Å². The third-order valence-electron chi connectivity index (χ3n) is 3.10. The van der Waals surface area contributed by atoms with E-state index in [9.17, 15) is 14.9 Å². The number of hydrogen-bond acceptors (Lipinski definition) is 4.